The Kier molecular flexibility index (Phi) is 5.79. The van der Waals surface area contributed by atoms with Crippen LogP contribution in [0.4, 0.5) is 0 Å². The second-order valence-electron chi connectivity index (χ2n) is 5.60. The van der Waals surface area contributed by atoms with E-state index in [1.807, 2.05) is 48.5 Å². The lowest BCUT2D eigenvalue weighted by Gasteiger charge is -2.32. The summed E-state index contributed by atoms with van der Waals surface area (Å²) >= 11 is 12.0. The maximum atomic E-state index is 6.08. The third-order valence-corrected chi connectivity index (χ3v) is 4.53. The molecule has 0 unspecified atom stereocenters. The van der Waals surface area contributed by atoms with Gasteiger partial charge in [-0.25, -0.2) is 0 Å². The van der Waals surface area contributed by atoms with Gasteiger partial charge < -0.3 is 9.47 Å². The van der Waals surface area contributed by atoms with E-state index < -0.39 is 0 Å². The molecule has 0 saturated carbocycles. The van der Waals surface area contributed by atoms with Gasteiger partial charge in [0.05, 0.1) is 16.7 Å². The normalized spacial score (nSPS) is 18.8. The fourth-order valence-corrected chi connectivity index (χ4v) is 2.95. The summed E-state index contributed by atoms with van der Waals surface area (Å²) in [5, 5.41) is 1.19. The highest BCUT2D eigenvalue weighted by atomic mass is 35.5. The molecule has 1 heterocycles. The molecule has 0 aromatic heterocycles. The standard InChI is InChI=1S/C18H19Cl2NO2/c19-17-7-6-14(10-18(17)20)11-21-8-9-22-16(12-21)13-23-15-4-2-1-3-5-15/h1-7,10,16H,8-9,11-13H2/t16-/m0/s1. The Morgan fingerprint density at radius 2 is 1.91 bits per heavy atom. The van der Waals surface area contributed by atoms with Gasteiger partial charge in [0.15, 0.2) is 0 Å². The van der Waals surface area contributed by atoms with E-state index in [1.165, 1.54) is 0 Å². The lowest BCUT2D eigenvalue weighted by Crippen LogP contribution is -2.44. The fraction of sp³-hybridized carbons (Fsp3) is 0.333. The maximum absolute atomic E-state index is 6.08. The molecule has 1 aliphatic rings. The summed E-state index contributed by atoms with van der Waals surface area (Å²) in [4.78, 5) is 2.35. The van der Waals surface area contributed by atoms with E-state index in [1.54, 1.807) is 0 Å². The third kappa shape index (κ3) is 4.85. The van der Waals surface area contributed by atoms with Crippen LogP contribution in [0.15, 0.2) is 48.5 Å². The monoisotopic (exact) mass is 351 g/mol. The molecule has 0 radical (unpaired) electrons. The van der Waals surface area contributed by atoms with E-state index in [0.717, 1.165) is 30.9 Å². The Morgan fingerprint density at radius 3 is 2.70 bits per heavy atom. The van der Waals surface area contributed by atoms with E-state index in [0.29, 0.717) is 23.3 Å². The topological polar surface area (TPSA) is 21.7 Å². The first kappa shape index (κ1) is 16.6. The van der Waals surface area contributed by atoms with Crippen molar-refractivity contribution in [2.45, 2.75) is 12.6 Å². The van der Waals surface area contributed by atoms with Crippen LogP contribution in [0.3, 0.4) is 0 Å². The fourth-order valence-electron chi connectivity index (χ4n) is 2.63. The zero-order chi connectivity index (χ0) is 16.1. The summed E-state index contributed by atoms with van der Waals surface area (Å²) in [6.07, 6.45) is 0.0757. The van der Waals surface area contributed by atoms with Gasteiger partial charge in [0.1, 0.15) is 18.5 Å². The lowest BCUT2D eigenvalue weighted by molar-refractivity contribution is -0.0504. The molecule has 122 valence electrons. The zero-order valence-corrected chi connectivity index (χ0v) is 14.3. The van der Waals surface area contributed by atoms with Crippen molar-refractivity contribution in [3.8, 4) is 5.75 Å². The van der Waals surface area contributed by atoms with Crippen molar-refractivity contribution in [3.05, 3.63) is 64.1 Å². The minimum absolute atomic E-state index is 0.0757. The van der Waals surface area contributed by atoms with Crippen molar-refractivity contribution in [2.24, 2.45) is 0 Å². The van der Waals surface area contributed by atoms with Crippen molar-refractivity contribution in [3.63, 3.8) is 0 Å². The quantitative estimate of drug-likeness (QED) is 0.802. The summed E-state index contributed by atoms with van der Waals surface area (Å²) in [6, 6.07) is 15.6. The summed E-state index contributed by atoms with van der Waals surface area (Å²) in [5.74, 6) is 0.873. The van der Waals surface area contributed by atoms with Crippen molar-refractivity contribution < 1.29 is 9.47 Å². The molecule has 2 aromatic rings. The van der Waals surface area contributed by atoms with Crippen LogP contribution in [0, 0.1) is 0 Å². The van der Waals surface area contributed by atoms with E-state index >= 15 is 0 Å². The second kappa shape index (κ2) is 8.02. The zero-order valence-electron chi connectivity index (χ0n) is 12.8. The molecule has 1 saturated heterocycles. The molecule has 0 bridgehead atoms. The number of nitrogens with zero attached hydrogens (tertiary/aromatic N) is 1. The SMILES string of the molecule is Clc1ccc(CN2CCO[C@H](COc3ccccc3)C2)cc1Cl. The van der Waals surface area contributed by atoms with Gasteiger partial charge in [-0.2, -0.15) is 0 Å². The number of ether oxygens (including phenoxy) is 2. The maximum Gasteiger partial charge on any atom is 0.119 e. The van der Waals surface area contributed by atoms with Gasteiger partial charge in [-0.05, 0) is 29.8 Å². The Labute approximate surface area is 146 Å². The number of hydrogen-bond donors (Lipinski definition) is 0. The van der Waals surface area contributed by atoms with Gasteiger partial charge in [0, 0.05) is 19.6 Å². The van der Waals surface area contributed by atoms with Crippen LogP contribution in [0.25, 0.3) is 0 Å². The first-order valence-electron chi connectivity index (χ1n) is 7.66. The van der Waals surface area contributed by atoms with Gasteiger partial charge in [-0.15, -0.1) is 0 Å². The second-order valence-corrected chi connectivity index (χ2v) is 6.41. The van der Waals surface area contributed by atoms with Crippen LogP contribution in [0.2, 0.25) is 10.0 Å². The summed E-state index contributed by atoms with van der Waals surface area (Å²) < 4.78 is 11.6. The van der Waals surface area contributed by atoms with E-state index in [2.05, 4.69) is 4.90 Å². The van der Waals surface area contributed by atoms with E-state index in [-0.39, 0.29) is 6.10 Å². The smallest absolute Gasteiger partial charge is 0.119 e. The highest BCUT2D eigenvalue weighted by Gasteiger charge is 2.21. The molecule has 0 amide bonds. The number of para-hydroxylation sites is 1. The van der Waals surface area contributed by atoms with Crippen LogP contribution in [0.5, 0.6) is 5.75 Å². The van der Waals surface area contributed by atoms with Crippen molar-refractivity contribution >= 4 is 23.2 Å². The van der Waals surface area contributed by atoms with Crippen molar-refractivity contribution in [2.75, 3.05) is 26.3 Å². The van der Waals surface area contributed by atoms with Gasteiger partial charge in [-0.3, -0.25) is 4.90 Å². The molecule has 5 heteroatoms. The average molecular weight is 352 g/mol. The number of halogens is 2. The number of morpholine rings is 1. The molecule has 1 fully saturated rings. The minimum atomic E-state index is 0.0757. The molecular weight excluding hydrogens is 333 g/mol. The lowest BCUT2D eigenvalue weighted by atomic mass is 10.2. The molecule has 0 N–H and O–H groups in total. The molecule has 0 spiro atoms. The number of benzene rings is 2. The molecule has 0 aliphatic carbocycles. The molecule has 3 nitrogen and oxygen atoms in total. The Hall–Kier alpha value is -1.26. The van der Waals surface area contributed by atoms with Crippen LogP contribution in [-0.4, -0.2) is 37.3 Å². The van der Waals surface area contributed by atoms with Gasteiger partial charge >= 0.3 is 0 Å². The molecule has 1 atom stereocenters. The molecule has 2 aromatic carbocycles. The Bertz CT molecular complexity index is 636. The van der Waals surface area contributed by atoms with Crippen LogP contribution in [-0.2, 0) is 11.3 Å². The largest absolute Gasteiger partial charge is 0.491 e. The van der Waals surface area contributed by atoms with Crippen LogP contribution >= 0.6 is 23.2 Å². The predicted octanol–water partition coefficient (Wildman–Crippen LogP) is 4.27. The highest BCUT2D eigenvalue weighted by Crippen LogP contribution is 2.23. The molecule has 1 aliphatic heterocycles. The van der Waals surface area contributed by atoms with Gasteiger partial charge in [0.25, 0.3) is 0 Å². The summed E-state index contributed by atoms with van der Waals surface area (Å²) in [6.45, 7) is 3.85. The van der Waals surface area contributed by atoms with Gasteiger partial charge in [-0.1, -0.05) is 47.5 Å². The van der Waals surface area contributed by atoms with Crippen molar-refractivity contribution in [1.82, 2.24) is 4.90 Å². The van der Waals surface area contributed by atoms with E-state index in [9.17, 15) is 0 Å². The average Bonchev–Trinajstić information content (AvgIpc) is 2.58. The summed E-state index contributed by atoms with van der Waals surface area (Å²) in [5.41, 5.74) is 1.16. The predicted molar refractivity (Wildman–Crippen MR) is 93.4 cm³/mol. The molecule has 23 heavy (non-hydrogen) atoms. The Balaban J connectivity index is 1.52. The first-order valence-corrected chi connectivity index (χ1v) is 8.42. The first-order chi connectivity index (χ1) is 11.2. The van der Waals surface area contributed by atoms with Crippen LogP contribution < -0.4 is 4.74 Å². The molecule has 3 rings (SSSR count). The number of hydrogen-bond acceptors (Lipinski definition) is 3. The number of rotatable bonds is 5. The van der Waals surface area contributed by atoms with E-state index in [4.69, 9.17) is 32.7 Å². The van der Waals surface area contributed by atoms with Crippen LogP contribution in [0.1, 0.15) is 5.56 Å². The highest BCUT2D eigenvalue weighted by molar-refractivity contribution is 6.42. The third-order valence-electron chi connectivity index (χ3n) is 3.79. The minimum Gasteiger partial charge on any atom is -0.491 e. The van der Waals surface area contributed by atoms with Crippen molar-refractivity contribution in [1.29, 1.82) is 0 Å². The molecular formula is C18H19Cl2NO2. The Morgan fingerprint density at radius 1 is 1.09 bits per heavy atom. The van der Waals surface area contributed by atoms with Gasteiger partial charge in [0.2, 0.25) is 0 Å². The summed E-state index contributed by atoms with van der Waals surface area (Å²) in [7, 11) is 0.